The fourth-order valence-electron chi connectivity index (χ4n) is 6.66. The van der Waals surface area contributed by atoms with Crippen LogP contribution in [0.5, 0.6) is 0 Å². The maximum absolute atomic E-state index is 2.36. The second-order valence-electron chi connectivity index (χ2n) is 11.3. The Morgan fingerprint density at radius 3 is 1.14 bits per heavy atom. The van der Waals surface area contributed by atoms with Crippen LogP contribution in [-0.4, -0.2) is 0 Å². The minimum Gasteiger partial charge on any atom is -0.0622 e. The van der Waals surface area contributed by atoms with Crippen LogP contribution in [0.3, 0.4) is 0 Å². The van der Waals surface area contributed by atoms with Gasteiger partial charge in [0.05, 0.1) is 0 Å². The van der Waals surface area contributed by atoms with E-state index in [4.69, 9.17) is 0 Å². The maximum Gasteiger partial charge on any atom is -0.00201 e. The zero-order chi connectivity index (χ0) is 29.3. The highest BCUT2D eigenvalue weighted by Crippen LogP contribution is 2.46. The summed E-state index contributed by atoms with van der Waals surface area (Å²) in [4.78, 5) is 0. The number of rotatable bonds is 5. The predicted molar refractivity (Wildman–Crippen MR) is 189 cm³/mol. The molecule has 0 atom stereocenters. The normalized spacial score (nSPS) is 11.2. The zero-order valence-electron chi connectivity index (χ0n) is 24.3. The third-order valence-corrected chi connectivity index (χ3v) is 8.67. The van der Waals surface area contributed by atoms with E-state index in [0.29, 0.717) is 0 Å². The molecule has 8 aromatic carbocycles. The van der Waals surface area contributed by atoms with Crippen LogP contribution in [0.1, 0.15) is 0 Å². The average molecular weight is 559 g/mol. The summed E-state index contributed by atoms with van der Waals surface area (Å²) in [5, 5.41) is 5.06. The lowest BCUT2D eigenvalue weighted by Gasteiger charge is -2.20. The van der Waals surface area contributed by atoms with Gasteiger partial charge in [-0.15, -0.1) is 0 Å². The lowest BCUT2D eigenvalue weighted by Crippen LogP contribution is -1.93. The first kappa shape index (κ1) is 25.9. The molecule has 0 heteroatoms. The molecule has 206 valence electrons. The molecule has 0 aliphatic rings. The van der Waals surface area contributed by atoms with Gasteiger partial charge in [0.2, 0.25) is 0 Å². The molecule has 0 saturated heterocycles. The summed E-state index contributed by atoms with van der Waals surface area (Å²) in [6, 6.07) is 65.9. The molecule has 44 heavy (non-hydrogen) atoms. The van der Waals surface area contributed by atoms with E-state index in [1.165, 1.54) is 77.2 Å². The Bertz CT molecular complexity index is 2200. The van der Waals surface area contributed by atoms with E-state index in [9.17, 15) is 0 Å². The van der Waals surface area contributed by atoms with E-state index in [0.717, 1.165) is 0 Å². The molecule has 0 radical (unpaired) electrons. The second-order valence-corrected chi connectivity index (χ2v) is 11.3. The highest BCUT2D eigenvalue weighted by atomic mass is 14.2. The van der Waals surface area contributed by atoms with Gasteiger partial charge in [-0.25, -0.2) is 0 Å². The molecule has 0 aliphatic carbocycles. The van der Waals surface area contributed by atoms with Gasteiger partial charge >= 0.3 is 0 Å². The molecule has 0 unspecified atom stereocenters. The number of benzene rings is 8. The molecular formula is C44H30. The van der Waals surface area contributed by atoms with Crippen LogP contribution in [0, 0.1) is 0 Å². The minimum atomic E-state index is 1.21. The van der Waals surface area contributed by atoms with Gasteiger partial charge in [0.15, 0.2) is 0 Å². The van der Waals surface area contributed by atoms with Crippen LogP contribution in [0.2, 0.25) is 0 Å². The fraction of sp³-hybridized carbons (Fsp3) is 0. The second kappa shape index (κ2) is 11.2. The van der Waals surface area contributed by atoms with Gasteiger partial charge in [-0.05, 0) is 89.3 Å². The Balaban J connectivity index is 1.36. The smallest absolute Gasteiger partial charge is 0.00201 e. The number of hydrogen-bond acceptors (Lipinski definition) is 0. The topological polar surface area (TPSA) is 0 Å². The van der Waals surface area contributed by atoms with Gasteiger partial charge in [-0.3, -0.25) is 0 Å². The Morgan fingerprint density at radius 2 is 0.568 bits per heavy atom. The number of hydrogen-bond donors (Lipinski definition) is 0. The van der Waals surface area contributed by atoms with Gasteiger partial charge in [0.1, 0.15) is 0 Å². The van der Waals surface area contributed by atoms with E-state index in [1.807, 2.05) is 0 Å². The average Bonchev–Trinajstić information content (AvgIpc) is 3.11. The Hall–Kier alpha value is -5.72. The van der Waals surface area contributed by atoms with Crippen LogP contribution >= 0.6 is 0 Å². The molecule has 0 saturated carbocycles. The first-order valence-electron chi connectivity index (χ1n) is 15.2. The van der Waals surface area contributed by atoms with Crippen molar-refractivity contribution in [2.45, 2.75) is 0 Å². The van der Waals surface area contributed by atoms with Crippen molar-refractivity contribution in [1.29, 1.82) is 0 Å². The monoisotopic (exact) mass is 558 g/mol. The minimum absolute atomic E-state index is 1.21. The van der Waals surface area contributed by atoms with Crippen molar-refractivity contribution in [2.75, 3.05) is 0 Å². The lowest BCUT2D eigenvalue weighted by atomic mass is 9.83. The summed E-state index contributed by atoms with van der Waals surface area (Å²) in [5.74, 6) is 0. The molecule has 8 aromatic rings. The van der Waals surface area contributed by atoms with Crippen molar-refractivity contribution >= 4 is 21.5 Å². The van der Waals surface area contributed by atoms with Crippen LogP contribution in [0.25, 0.3) is 77.2 Å². The quantitative estimate of drug-likeness (QED) is 0.184. The fourth-order valence-corrected chi connectivity index (χ4v) is 6.66. The number of fused-ring (bicyclic) bond motifs is 2. The van der Waals surface area contributed by atoms with E-state index < -0.39 is 0 Å². The van der Waals surface area contributed by atoms with Crippen molar-refractivity contribution < 1.29 is 0 Å². The van der Waals surface area contributed by atoms with Gasteiger partial charge in [-0.2, -0.15) is 0 Å². The Kier molecular flexibility index (Phi) is 6.59. The highest BCUT2D eigenvalue weighted by Gasteiger charge is 2.19. The largest absolute Gasteiger partial charge is 0.0622 e. The molecule has 0 heterocycles. The molecule has 0 spiro atoms. The van der Waals surface area contributed by atoms with Crippen molar-refractivity contribution in [1.82, 2.24) is 0 Å². The Labute approximate surface area is 258 Å². The molecule has 0 aliphatic heterocycles. The summed E-state index contributed by atoms with van der Waals surface area (Å²) in [6.07, 6.45) is 0. The molecule has 0 aromatic heterocycles. The standard InChI is InChI=1S/C44H30/c1-3-15-31(16-4-1)33-19-13-20-34(29-33)35-21-14-22-36(30-35)43-39-25-9-11-27-41(39)44(42-28-12-10-26-40(42)43)38-24-8-7-23-37(38)32-17-5-2-6-18-32/h1-30H. The zero-order valence-corrected chi connectivity index (χ0v) is 24.3. The van der Waals surface area contributed by atoms with E-state index in [-0.39, 0.29) is 0 Å². The van der Waals surface area contributed by atoms with Crippen LogP contribution in [0.15, 0.2) is 182 Å². The van der Waals surface area contributed by atoms with E-state index in [1.54, 1.807) is 0 Å². The maximum atomic E-state index is 2.36. The van der Waals surface area contributed by atoms with Crippen molar-refractivity contribution in [3.63, 3.8) is 0 Å². The van der Waals surface area contributed by atoms with Crippen molar-refractivity contribution in [3.8, 4) is 55.6 Å². The van der Waals surface area contributed by atoms with Crippen LogP contribution < -0.4 is 0 Å². The van der Waals surface area contributed by atoms with Gasteiger partial charge in [-0.1, -0.05) is 170 Å². The highest BCUT2D eigenvalue weighted by molar-refractivity contribution is 6.22. The van der Waals surface area contributed by atoms with E-state index >= 15 is 0 Å². The van der Waals surface area contributed by atoms with Gasteiger partial charge < -0.3 is 0 Å². The van der Waals surface area contributed by atoms with Gasteiger partial charge in [0.25, 0.3) is 0 Å². The van der Waals surface area contributed by atoms with E-state index in [2.05, 4.69) is 182 Å². The third kappa shape index (κ3) is 4.58. The van der Waals surface area contributed by atoms with Gasteiger partial charge in [0, 0.05) is 0 Å². The molecule has 0 bridgehead atoms. The molecule has 0 nitrogen and oxygen atoms in total. The summed E-state index contributed by atoms with van der Waals surface area (Å²) in [5.41, 5.74) is 12.4. The third-order valence-electron chi connectivity index (χ3n) is 8.67. The molecule has 0 fully saturated rings. The van der Waals surface area contributed by atoms with Crippen molar-refractivity contribution in [2.24, 2.45) is 0 Å². The van der Waals surface area contributed by atoms with Crippen LogP contribution in [-0.2, 0) is 0 Å². The first-order valence-corrected chi connectivity index (χ1v) is 15.2. The first-order chi connectivity index (χ1) is 21.8. The Morgan fingerprint density at radius 1 is 0.205 bits per heavy atom. The summed E-state index contributed by atoms with van der Waals surface area (Å²) in [7, 11) is 0. The predicted octanol–water partition coefficient (Wildman–Crippen LogP) is 12.3. The SMILES string of the molecule is c1ccc(-c2cccc(-c3cccc(-c4c5ccccc5c(-c5ccccc5-c5ccccc5)c5ccccc45)c3)c2)cc1. The summed E-state index contributed by atoms with van der Waals surface area (Å²) < 4.78 is 0. The molecule has 0 N–H and O–H groups in total. The lowest BCUT2D eigenvalue weighted by molar-refractivity contribution is 1.58. The summed E-state index contributed by atoms with van der Waals surface area (Å²) in [6.45, 7) is 0. The molecule has 0 amide bonds. The molecule has 8 rings (SSSR count). The summed E-state index contributed by atoms with van der Waals surface area (Å²) >= 11 is 0. The van der Waals surface area contributed by atoms with Crippen LogP contribution in [0.4, 0.5) is 0 Å². The molecular weight excluding hydrogens is 528 g/mol. The van der Waals surface area contributed by atoms with Crippen molar-refractivity contribution in [3.05, 3.63) is 182 Å².